The summed E-state index contributed by atoms with van der Waals surface area (Å²) in [6.07, 6.45) is 3.62. The number of aryl methyl sites for hydroxylation is 2. The van der Waals surface area contributed by atoms with Crippen molar-refractivity contribution in [3.63, 3.8) is 0 Å². The molecule has 3 aromatic rings. The zero-order valence-electron chi connectivity index (χ0n) is 19.5. The number of nitrogens with two attached hydrogens (primary N) is 1. The summed E-state index contributed by atoms with van der Waals surface area (Å²) in [5, 5.41) is 3.79. The standard InChI is InChI=1S/C25H26N2O7S/c1-13-15-8-7-14(32-2)11-18(15)34-25(31)16(13)9-10-21(29)33-12-20(28)27-24-22(23(26)30)17-5-3-4-6-19(17)35-24/h7-8,11H,3-6,9-10,12H2,1-2H3,(H2,26,30)(H,27,28). The molecule has 1 aromatic carbocycles. The molecular formula is C25H26N2O7S. The number of primary amides is 1. The van der Waals surface area contributed by atoms with Gasteiger partial charge in [0.05, 0.1) is 12.7 Å². The molecule has 0 fully saturated rings. The van der Waals surface area contributed by atoms with E-state index in [1.54, 1.807) is 25.1 Å². The predicted molar refractivity (Wildman–Crippen MR) is 131 cm³/mol. The summed E-state index contributed by atoms with van der Waals surface area (Å²) in [5.41, 5.74) is 7.75. The van der Waals surface area contributed by atoms with Crippen LogP contribution in [-0.2, 0) is 33.6 Å². The van der Waals surface area contributed by atoms with Crippen molar-refractivity contribution in [3.8, 4) is 5.75 Å². The average Bonchev–Trinajstić information content (AvgIpc) is 3.20. The van der Waals surface area contributed by atoms with Crippen LogP contribution in [0.1, 0.15) is 51.2 Å². The number of esters is 1. The van der Waals surface area contributed by atoms with Crippen LogP contribution in [0.5, 0.6) is 5.75 Å². The van der Waals surface area contributed by atoms with Crippen molar-refractivity contribution in [2.45, 2.75) is 45.4 Å². The van der Waals surface area contributed by atoms with E-state index in [0.717, 1.165) is 41.5 Å². The largest absolute Gasteiger partial charge is 0.497 e. The van der Waals surface area contributed by atoms with Crippen molar-refractivity contribution in [2.75, 3.05) is 19.0 Å². The Morgan fingerprint density at radius 3 is 2.71 bits per heavy atom. The van der Waals surface area contributed by atoms with Gasteiger partial charge in [0.15, 0.2) is 6.61 Å². The van der Waals surface area contributed by atoms with Crippen LogP contribution in [0.4, 0.5) is 5.00 Å². The minimum Gasteiger partial charge on any atom is -0.497 e. The SMILES string of the molecule is COc1ccc2c(C)c(CCC(=O)OCC(=O)Nc3sc4c(c3C(N)=O)CCCC4)c(=O)oc2c1. The van der Waals surface area contributed by atoms with E-state index in [1.165, 1.54) is 18.4 Å². The molecule has 0 radical (unpaired) electrons. The van der Waals surface area contributed by atoms with Gasteiger partial charge < -0.3 is 24.9 Å². The van der Waals surface area contributed by atoms with Gasteiger partial charge in [-0.15, -0.1) is 11.3 Å². The number of carbonyl (C=O) groups is 3. The molecular weight excluding hydrogens is 472 g/mol. The fourth-order valence-electron chi connectivity index (χ4n) is 4.31. The minimum atomic E-state index is -0.630. The molecule has 0 saturated heterocycles. The Balaban J connectivity index is 1.36. The van der Waals surface area contributed by atoms with Crippen molar-refractivity contribution in [3.05, 3.63) is 55.8 Å². The van der Waals surface area contributed by atoms with Gasteiger partial charge in [-0.3, -0.25) is 14.4 Å². The highest BCUT2D eigenvalue weighted by Gasteiger charge is 2.25. The summed E-state index contributed by atoms with van der Waals surface area (Å²) < 4.78 is 15.6. The number of carbonyl (C=O) groups excluding carboxylic acids is 3. The summed E-state index contributed by atoms with van der Waals surface area (Å²) in [6, 6.07) is 5.19. The Bertz CT molecular complexity index is 1370. The maximum absolute atomic E-state index is 12.4. The van der Waals surface area contributed by atoms with Crippen molar-refractivity contribution < 1.29 is 28.3 Å². The second-order valence-corrected chi connectivity index (χ2v) is 9.45. The number of amides is 2. The van der Waals surface area contributed by atoms with Gasteiger partial charge >= 0.3 is 11.6 Å². The zero-order valence-corrected chi connectivity index (χ0v) is 20.3. The Hall–Kier alpha value is -3.66. The van der Waals surface area contributed by atoms with Crippen LogP contribution in [0.2, 0.25) is 0 Å². The van der Waals surface area contributed by atoms with E-state index in [1.807, 2.05) is 0 Å². The third kappa shape index (κ3) is 5.22. The molecule has 0 saturated carbocycles. The lowest BCUT2D eigenvalue weighted by Crippen LogP contribution is -2.23. The summed E-state index contributed by atoms with van der Waals surface area (Å²) in [4.78, 5) is 50.1. The van der Waals surface area contributed by atoms with Gasteiger partial charge in [-0.05, 0) is 62.3 Å². The number of fused-ring (bicyclic) bond motifs is 2. The van der Waals surface area contributed by atoms with Gasteiger partial charge in [0.25, 0.3) is 11.8 Å². The Labute approximate surface area is 205 Å². The first-order valence-electron chi connectivity index (χ1n) is 11.3. The molecule has 0 bridgehead atoms. The van der Waals surface area contributed by atoms with E-state index in [-0.39, 0.29) is 12.8 Å². The van der Waals surface area contributed by atoms with Gasteiger partial charge in [0.2, 0.25) is 0 Å². The number of ether oxygens (including phenoxy) is 2. The number of methoxy groups -OCH3 is 1. The van der Waals surface area contributed by atoms with Crippen LogP contribution in [0.25, 0.3) is 11.0 Å². The molecule has 184 valence electrons. The van der Waals surface area contributed by atoms with Crippen molar-refractivity contribution in [1.29, 1.82) is 0 Å². The van der Waals surface area contributed by atoms with E-state index in [2.05, 4.69) is 5.32 Å². The fourth-order valence-corrected chi connectivity index (χ4v) is 5.62. The maximum atomic E-state index is 12.4. The van der Waals surface area contributed by atoms with Crippen LogP contribution in [0, 0.1) is 6.92 Å². The number of anilines is 1. The molecule has 0 aliphatic heterocycles. The Kier molecular flexibility index (Phi) is 7.20. The molecule has 0 atom stereocenters. The molecule has 4 rings (SSSR count). The highest BCUT2D eigenvalue weighted by molar-refractivity contribution is 7.17. The van der Waals surface area contributed by atoms with Crippen LogP contribution >= 0.6 is 11.3 Å². The second-order valence-electron chi connectivity index (χ2n) is 8.34. The first kappa shape index (κ1) is 24.5. The lowest BCUT2D eigenvalue weighted by atomic mass is 9.95. The Morgan fingerprint density at radius 2 is 1.97 bits per heavy atom. The topological polar surface area (TPSA) is 138 Å². The fraction of sp³-hybridized carbons (Fsp3) is 0.360. The monoisotopic (exact) mass is 498 g/mol. The lowest BCUT2D eigenvalue weighted by molar-refractivity contribution is -0.147. The molecule has 2 amide bonds. The van der Waals surface area contributed by atoms with Gasteiger partial charge in [-0.25, -0.2) is 4.79 Å². The number of rotatable bonds is 8. The quantitative estimate of drug-likeness (QED) is 0.359. The predicted octanol–water partition coefficient (Wildman–Crippen LogP) is 3.26. The normalized spacial score (nSPS) is 12.7. The van der Waals surface area contributed by atoms with Gasteiger partial charge in [-0.2, -0.15) is 0 Å². The lowest BCUT2D eigenvalue weighted by Gasteiger charge is -2.11. The molecule has 0 spiro atoms. The van der Waals surface area contributed by atoms with Crippen LogP contribution in [0.15, 0.2) is 27.4 Å². The van der Waals surface area contributed by atoms with E-state index in [4.69, 9.17) is 19.6 Å². The third-order valence-corrected chi connectivity index (χ3v) is 7.32. The second kappa shape index (κ2) is 10.3. The van der Waals surface area contributed by atoms with Crippen LogP contribution < -0.4 is 21.4 Å². The maximum Gasteiger partial charge on any atom is 0.339 e. The van der Waals surface area contributed by atoms with Gasteiger partial charge in [-0.1, -0.05) is 0 Å². The van der Waals surface area contributed by atoms with Crippen molar-refractivity contribution in [2.24, 2.45) is 5.73 Å². The highest BCUT2D eigenvalue weighted by atomic mass is 32.1. The van der Waals surface area contributed by atoms with Gasteiger partial charge in [0, 0.05) is 28.3 Å². The number of nitrogens with one attached hydrogen (secondary N) is 1. The molecule has 0 unspecified atom stereocenters. The summed E-state index contributed by atoms with van der Waals surface area (Å²) >= 11 is 1.34. The summed E-state index contributed by atoms with van der Waals surface area (Å²) in [6.45, 7) is 1.28. The molecule has 2 aromatic heterocycles. The van der Waals surface area contributed by atoms with E-state index in [0.29, 0.717) is 33.0 Å². The average molecular weight is 499 g/mol. The Morgan fingerprint density at radius 1 is 1.20 bits per heavy atom. The smallest absolute Gasteiger partial charge is 0.339 e. The number of hydrogen-bond donors (Lipinski definition) is 2. The summed E-state index contributed by atoms with van der Waals surface area (Å²) in [7, 11) is 1.52. The van der Waals surface area contributed by atoms with E-state index >= 15 is 0 Å². The molecule has 35 heavy (non-hydrogen) atoms. The van der Waals surface area contributed by atoms with Crippen LogP contribution in [-0.4, -0.2) is 31.5 Å². The first-order valence-corrected chi connectivity index (χ1v) is 12.1. The minimum absolute atomic E-state index is 0.0968. The molecule has 10 heteroatoms. The van der Waals surface area contributed by atoms with E-state index in [9.17, 15) is 19.2 Å². The van der Waals surface area contributed by atoms with Crippen molar-refractivity contribution in [1.82, 2.24) is 0 Å². The molecule has 3 N–H and O–H groups in total. The molecule has 1 aliphatic carbocycles. The number of hydrogen-bond acceptors (Lipinski definition) is 8. The molecule has 1 aliphatic rings. The first-order chi connectivity index (χ1) is 16.8. The van der Waals surface area contributed by atoms with Gasteiger partial charge in [0.1, 0.15) is 16.3 Å². The number of benzene rings is 1. The molecule has 9 nitrogen and oxygen atoms in total. The highest BCUT2D eigenvalue weighted by Crippen LogP contribution is 2.37. The van der Waals surface area contributed by atoms with Crippen molar-refractivity contribution >= 4 is 45.1 Å². The third-order valence-electron chi connectivity index (χ3n) is 6.11. The summed E-state index contributed by atoms with van der Waals surface area (Å²) in [5.74, 6) is -1.20. The molecule has 2 heterocycles. The van der Waals surface area contributed by atoms with Crippen LogP contribution in [0.3, 0.4) is 0 Å². The van der Waals surface area contributed by atoms with E-state index < -0.39 is 30.0 Å². The number of thiophene rings is 1. The zero-order chi connectivity index (χ0) is 25.1.